The molecule has 0 spiro atoms. The molecule has 0 saturated carbocycles. The molecule has 3 nitrogen and oxygen atoms in total. The molecule has 1 aromatic rings. The van der Waals surface area contributed by atoms with Crippen LogP contribution in [0.25, 0.3) is 0 Å². The van der Waals surface area contributed by atoms with E-state index >= 15 is 0 Å². The van der Waals surface area contributed by atoms with Crippen molar-refractivity contribution in [3.05, 3.63) is 59.0 Å². The van der Waals surface area contributed by atoms with Crippen LogP contribution in [0, 0.1) is 0 Å². The van der Waals surface area contributed by atoms with E-state index in [9.17, 15) is 4.79 Å². The van der Waals surface area contributed by atoms with Crippen LogP contribution < -0.4 is 0 Å². The summed E-state index contributed by atoms with van der Waals surface area (Å²) in [6, 6.07) is 3.71. The Morgan fingerprint density at radius 2 is 2.00 bits per heavy atom. The molecule has 1 fully saturated rings. The van der Waals surface area contributed by atoms with Gasteiger partial charge >= 0.3 is 0 Å². The highest BCUT2D eigenvalue weighted by molar-refractivity contribution is 7.12. The minimum Gasteiger partial charge on any atom is -0.378 e. The molecule has 0 unspecified atom stereocenters. The summed E-state index contributed by atoms with van der Waals surface area (Å²) >= 11 is 1.46. The first-order chi connectivity index (χ1) is 9.36. The second kappa shape index (κ2) is 7.71. The molecule has 4 heteroatoms. The van der Waals surface area contributed by atoms with E-state index in [4.69, 9.17) is 4.74 Å². The van der Waals surface area contributed by atoms with Crippen molar-refractivity contribution < 1.29 is 9.53 Å². The van der Waals surface area contributed by atoms with Crippen LogP contribution in [-0.2, 0) is 4.74 Å². The van der Waals surface area contributed by atoms with Crippen molar-refractivity contribution in [3.63, 3.8) is 0 Å². The Morgan fingerprint density at radius 3 is 2.74 bits per heavy atom. The molecular formula is C15H17NO2S. The molecule has 0 aromatic carbocycles. The third kappa shape index (κ3) is 4.85. The summed E-state index contributed by atoms with van der Waals surface area (Å²) < 4.78 is 5.27. The second-order valence-electron chi connectivity index (χ2n) is 4.08. The van der Waals surface area contributed by atoms with E-state index in [1.807, 2.05) is 41.9 Å². The van der Waals surface area contributed by atoms with Gasteiger partial charge in [-0.25, -0.2) is 0 Å². The molecule has 0 aliphatic carbocycles. The van der Waals surface area contributed by atoms with Crippen molar-refractivity contribution in [1.82, 2.24) is 4.90 Å². The number of rotatable bonds is 5. The zero-order valence-electron chi connectivity index (χ0n) is 10.7. The molecule has 1 aliphatic heterocycles. The number of morpholine rings is 1. The average Bonchev–Trinajstić information content (AvgIpc) is 2.98. The molecule has 0 radical (unpaired) electrons. The lowest BCUT2D eigenvalue weighted by Gasteiger charge is -2.24. The number of carbonyl (C=O) groups excluding carboxylic acids is 1. The predicted molar refractivity (Wildman–Crippen MR) is 78.5 cm³/mol. The van der Waals surface area contributed by atoms with Gasteiger partial charge in [-0.3, -0.25) is 4.79 Å². The van der Waals surface area contributed by atoms with Gasteiger partial charge in [0, 0.05) is 13.1 Å². The van der Waals surface area contributed by atoms with Crippen LogP contribution in [0.4, 0.5) is 0 Å². The van der Waals surface area contributed by atoms with Crippen LogP contribution in [-0.4, -0.2) is 37.0 Å². The van der Waals surface area contributed by atoms with E-state index in [0.29, 0.717) is 0 Å². The van der Waals surface area contributed by atoms with Crippen molar-refractivity contribution in [2.45, 2.75) is 0 Å². The molecule has 100 valence electrons. The van der Waals surface area contributed by atoms with E-state index in [1.54, 1.807) is 12.2 Å². The van der Waals surface area contributed by atoms with Gasteiger partial charge in [0.05, 0.1) is 18.1 Å². The summed E-state index contributed by atoms with van der Waals surface area (Å²) in [6.45, 7) is 3.47. The first-order valence-electron chi connectivity index (χ1n) is 6.27. The molecule has 1 aliphatic rings. The summed E-state index contributed by atoms with van der Waals surface area (Å²) in [4.78, 5) is 14.6. The first-order valence-corrected chi connectivity index (χ1v) is 7.15. The van der Waals surface area contributed by atoms with Gasteiger partial charge in [0.2, 0.25) is 0 Å². The second-order valence-corrected chi connectivity index (χ2v) is 5.02. The fourth-order valence-electron chi connectivity index (χ4n) is 1.67. The lowest BCUT2D eigenvalue weighted by atomic mass is 10.3. The number of thiophene rings is 1. The van der Waals surface area contributed by atoms with Crippen LogP contribution in [0.5, 0.6) is 0 Å². The highest BCUT2D eigenvalue weighted by Gasteiger charge is 2.04. The fourth-order valence-corrected chi connectivity index (χ4v) is 2.32. The Morgan fingerprint density at radius 1 is 1.21 bits per heavy atom. The van der Waals surface area contributed by atoms with E-state index in [0.717, 1.165) is 31.2 Å². The fraction of sp³-hybridized carbons (Fsp3) is 0.267. The Bertz CT molecular complexity index is 468. The minimum atomic E-state index is 0.0526. The number of hydrogen-bond donors (Lipinski definition) is 0. The van der Waals surface area contributed by atoms with Gasteiger partial charge < -0.3 is 9.64 Å². The molecule has 0 atom stereocenters. The predicted octanol–water partition coefficient (Wildman–Crippen LogP) is 2.89. The first kappa shape index (κ1) is 13.8. The smallest absolute Gasteiger partial charge is 0.195 e. The topological polar surface area (TPSA) is 29.5 Å². The van der Waals surface area contributed by atoms with E-state index < -0.39 is 0 Å². The van der Waals surface area contributed by atoms with Crippen molar-refractivity contribution >= 4 is 17.1 Å². The zero-order valence-corrected chi connectivity index (χ0v) is 11.5. The standard InChI is InChI=1S/C15H17NO2S/c17-14(15-7-5-13-19-15)6-3-1-2-4-8-16-9-11-18-12-10-16/h1-8,13H,9-12H2/b2-1+,6-3+,8-4+. The monoisotopic (exact) mass is 275 g/mol. The van der Waals surface area contributed by atoms with Crippen molar-refractivity contribution in [2.24, 2.45) is 0 Å². The minimum absolute atomic E-state index is 0.0526. The Balaban J connectivity index is 1.73. The summed E-state index contributed by atoms with van der Waals surface area (Å²) in [5.74, 6) is 0.0526. The molecule has 0 N–H and O–H groups in total. The Labute approximate surface area is 117 Å². The third-order valence-corrected chi connectivity index (χ3v) is 3.57. The van der Waals surface area contributed by atoms with E-state index in [2.05, 4.69) is 4.90 Å². The maximum absolute atomic E-state index is 11.6. The molecule has 1 aromatic heterocycles. The summed E-state index contributed by atoms with van der Waals surface area (Å²) in [7, 11) is 0. The van der Waals surface area contributed by atoms with Crippen LogP contribution in [0.3, 0.4) is 0 Å². The van der Waals surface area contributed by atoms with Gasteiger partial charge in [-0.15, -0.1) is 11.3 Å². The number of carbonyl (C=O) groups is 1. The molecule has 2 rings (SSSR count). The van der Waals surface area contributed by atoms with Crippen LogP contribution in [0.1, 0.15) is 9.67 Å². The largest absolute Gasteiger partial charge is 0.378 e. The third-order valence-electron chi connectivity index (χ3n) is 2.69. The SMILES string of the molecule is O=C(/C=C/C=C/C=C/N1CCOCC1)c1cccs1. The summed E-state index contributed by atoms with van der Waals surface area (Å²) in [5, 5.41) is 1.90. The van der Waals surface area contributed by atoms with Crippen molar-refractivity contribution in [3.8, 4) is 0 Å². The molecular weight excluding hydrogens is 258 g/mol. The molecule has 0 amide bonds. The maximum atomic E-state index is 11.6. The molecule has 2 heterocycles. The van der Waals surface area contributed by atoms with Crippen LogP contribution >= 0.6 is 11.3 Å². The number of allylic oxidation sites excluding steroid dienone is 5. The van der Waals surface area contributed by atoms with E-state index in [1.165, 1.54) is 11.3 Å². The van der Waals surface area contributed by atoms with Crippen molar-refractivity contribution in [1.29, 1.82) is 0 Å². The lowest BCUT2D eigenvalue weighted by Crippen LogP contribution is -2.31. The number of ether oxygens (including phenoxy) is 1. The molecule has 1 saturated heterocycles. The Kier molecular flexibility index (Phi) is 5.59. The summed E-state index contributed by atoms with van der Waals surface area (Å²) in [6.07, 6.45) is 11.2. The average molecular weight is 275 g/mol. The van der Waals surface area contributed by atoms with Crippen LogP contribution in [0.15, 0.2) is 54.1 Å². The van der Waals surface area contributed by atoms with Gasteiger partial charge in [-0.2, -0.15) is 0 Å². The molecule has 0 bridgehead atoms. The zero-order chi connectivity index (χ0) is 13.3. The van der Waals surface area contributed by atoms with Gasteiger partial charge in [-0.1, -0.05) is 24.3 Å². The normalized spacial score (nSPS) is 16.9. The van der Waals surface area contributed by atoms with Gasteiger partial charge in [0.25, 0.3) is 0 Å². The van der Waals surface area contributed by atoms with Gasteiger partial charge in [-0.05, 0) is 29.8 Å². The van der Waals surface area contributed by atoms with Crippen LogP contribution in [0.2, 0.25) is 0 Å². The van der Waals surface area contributed by atoms with Gasteiger partial charge in [0.1, 0.15) is 0 Å². The number of ketones is 1. The number of nitrogens with zero attached hydrogens (tertiary/aromatic N) is 1. The highest BCUT2D eigenvalue weighted by Crippen LogP contribution is 2.09. The Hall–Kier alpha value is -1.65. The van der Waals surface area contributed by atoms with Crippen molar-refractivity contribution in [2.75, 3.05) is 26.3 Å². The maximum Gasteiger partial charge on any atom is 0.195 e. The highest BCUT2D eigenvalue weighted by atomic mass is 32.1. The molecule has 19 heavy (non-hydrogen) atoms. The van der Waals surface area contributed by atoms with Gasteiger partial charge in [0.15, 0.2) is 5.78 Å². The lowest BCUT2D eigenvalue weighted by molar-refractivity contribution is 0.0594. The van der Waals surface area contributed by atoms with E-state index in [-0.39, 0.29) is 5.78 Å². The summed E-state index contributed by atoms with van der Waals surface area (Å²) in [5.41, 5.74) is 0. The quantitative estimate of drug-likeness (QED) is 0.470. The number of hydrogen-bond acceptors (Lipinski definition) is 4.